The average Bonchev–Trinajstić information content (AvgIpc) is 2.04. The average molecular weight is 169 g/mol. The van der Waals surface area contributed by atoms with Gasteiger partial charge in [-0.15, -0.1) is 0 Å². The summed E-state index contributed by atoms with van der Waals surface area (Å²) in [7, 11) is 0. The first kappa shape index (κ1) is 9.16. The van der Waals surface area contributed by atoms with Crippen molar-refractivity contribution in [1.82, 2.24) is 0 Å². The highest BCUT2D eigenvalue weighted by Crippen LogP contribution is 2.18. The molecule has 0 amide bonds. The molecule has 2 nitrogen and oxygen atoms in total. The molecule has 3 N–H and O–H groups in total. The Morgan fingerprint density at radius 3 is 2.75 bits per heavy atom. The predicted octanol–water partition coefficient (Wildman–Crippen LogP) is 1.34. The number of rotatable bonds is 2. The number of hydrogen-bond donors (Lipinski definition) is 2. The molecule has 0 saturated heterocycles. The van der Waals surface area contributed by atoms with Crippen molar-refractivity contribution in [2.75, 3.05) is 0 Å². The van der Waals surface area contributed by atoms with E-state index in [1.54, 1.807) is 13.0 Å². The second-order valence-corrected chi connectivity index (χ2v) is 2.72. The van der Waals surface area contributed by atoms with Gasteiger partial charge in [0.05, 0.1) is 6.10 Å². The zero-order chi connectivity index (χ0) is 9.14. The van der Waals surface area contributed by atoms with Crippen molar-refractivity contribution >= 4 is 0 Å². The minimum Gasteiger partial charge on any atom is -0.389 e. The molecule has 1 aromatic rings. The number of hydrogen-bond acceptors (Lipinski definition) is 2. The van der Waals surface area contributed by atoms with Crippen LogP contribution < -0.4 is 5.73 Å². The molecule has 0 spiro atoms. The van der Waals surface area contributed by atoms with Gasteiger partial charge >= 0.3 is 0 Å². The molecule has 0 bridgehead atoms. The van der Waals surface area contributed by atoms with Crippen molar-refractivity contribution in [3.63, 3.8) is 0 Å². The van der Waals surface area contributed by atoms with E-state index < -0.39 is 6.10 Å². The Morgan fingerprint density at radius 1 is 1.58 bits per heavy atom. The van der Waals surface area contributed by atoms with Gasteiger partial charge in [0.25, 0.3) is 0 Å². The summed E-state index contributed by atoms with van der Waals surface area (Å²) < 4.78 is 12.7. The highest BCUT2D eigenvalue weighted by Gasteiger charge is 2.07. The third-order valence-electron chi connectivity index (χ3n) is 1.78. The summed E-state index contributed by atoms with van der Waals surface area (Å²) in [6.45, 7) is 1.91. The summed E-state index contributed by atoms with van der Waals surface area (Å²) in [5, 5.41) is 9.24. The Labute approximate surface area is 70.8 Å². The van der Waals surface area contributed by atoms with E-state index >= 15 is 0 Å². The first-order valence-corrected chi connectivity index (χ1v) is 3.81. The predicted molar refractivity (Wildman–Crippen MR) is 44.9 cm³/mol. The van der Waals surface area contributed by atoms with Gasteiger partial charge in [0, 0.05) is 6.54 Å². The summed E-state index contributed by atoms with van der Waals surface area (Å²) in [6, 6.07) is 4.25. The van der Waals surface area contributed by atoms with E-state index in [1.807, 2.05) is 0 Å². The highest BCUT2D eigenvalue weighted by atomic mass is 19.1. The standard InChI is InChI=1S/C9H12FNO/c1-6(12)9-4-8(10)3-2-7(9)5-11/h2-4,6,12H,5,11H2,1H3. The van der Waals surface area contributed by atoms with Crippen LogP contribution in [0.4, 0.5) is 4.39 Å². The van der Waals surface area contributed by atoms with E-state index in [4.69, 9.17) is 5.73 Å². The molecule has 0 fully saturated rings. The Kier molecular flexibility index (Phi) is 2.78. The monoisotopic (exact) mass is 169 g/mol. The van der Waals surface area contributed by atoms with Gasteiger partial charge in [-0.1, -0.05) is 6.07 Å². The van der Waals surface area contributed by atoms with Crippen LogP contribution in [0.5, 0.6) is 0 Å². The van der Waals surface area contributed by atoms with E-state index in [1.165, 1.54) is 12.1 Å². The fourth-order valence-corrected chi connectivity index (χ4v) is 1.14. The molecular formula is C9H12FNO. The van der Waals surface area contributed by atoms with Crippen molar-refractivity contribution in [3.8, 4) is 0 Å². The third-order valence-corrected chi connectivity index (χ3v) is 1.78. The molecular weight excluding hydrogens is 157 g/mol. The van der Waals surface area contributed by atoms with Gasteiger partial charge in [-0.25, -0.2) is 4.39 Å². The smallest absolute Gasteiger partial charge is 0.123 e. The summed E-state index contributed by atoms with van der Waals surface area (Å²) in [6.07, 6.45) is -0.667. The molecule has 0 saturated carbocycles. The molecule has 3 heteroatoms. The third kappa shape index (κ3) is 1.81. The summed E-state index contributed by atoms with van der Waals surface area (Å²) in [5.74, 6) is -0.344. The second-order valence-electron chi connectivity index (χ2n) is 2.72. The fraction of sp³-hybridized carbons (Fsp3) is 0.333. The number of aliphatic hydroxyl groups is 1. The largest absolute Gasteiger partial charge is 0.389 e. The molecule has 0 aliphatic heterocycles. The van der Waals surface area contributed by atoms with Gasteiger partial charge in [-0.2, -0.15) is 0 Å². The number of benzene rings is 1. The molecule has 12 heavy (non-hydrogen) atoms. The molecule has 66 valence electrons. The second kappa shape index (κ2) is 3.65. The van der Waals surface area contributed by atoms with E-state index in [0.717, 1.165) is 5.56 Å². The Hall–Kier alpha value is -0.930. The van der Waals surface area contributed by atoms with Crippen LogP contribution in [0.3, 0.4) is 0 Å². The first-order valence-electron chi connectivity index (χ1n) is 3.81. The molecule has 1 atom stereocenters. The summed E-state index contributed by atoms with van der Waals surface area (Å²) in [5.41, 5.74) is 6.76. The van der Waals surface area contributed by atoms with Crippen molar-refractivity contribution in [2.24, 2.45) is 5.73 Å². The maximum Gasteiger partial charge on any atom is 0.123 e. The summed E-state index contributed by atoms with van der Waals surface area (Å²) >= 11 is 0. The Balaban J connectivity index is 3.12. The van der Waals surface area contributed by atoms with E-state index in [0.29, 0.717) is 12.1 Å². The van der Waals surface area contributed by atoms with Crippen LogP contribution in [0.25, 0.3) is 0 Å². The van der Waals surface area contributed by atoms with E-state index in [9.17, 15) is 9.50 Å². The molecule has 0 aliphatic rings. The van der Waals surface area contributed by atoms with Gasteiger partial charge in [0.2, 0.25) is 0 Å². The minimum absolute atomic E-state index is 0.320. The van der Waals surface area contributed by atoms with Crippen molar-refractivity contribution in [2.45, 2.75) is 19.6 Å². The maximum absolute atomic E-state index is 12.7. The van der Waals surface area contributed by atoms with Crippen LogP contribution >= 0.6 is 0 Å². The van der Waals surface area contributed by atoms with Gasteiger partial charge in [-0.3, -0.25) is 0 Å². The lowest BCUT2D eigenvalue weighted by atomic mass is 10.0. The zero-order valence-corrected chi connectivity index (χ0v) is 6.92. The van der Waals surface area contributed by atoms with Crippen LogP contribution in [0.15, 0.2) is 18.2 Å². The quantitative estimate of drug-likeness (QED) is 0.701. The molecule has 0 aromatic heterocycles. The fourth-order valence-electron chi connectivity index (χ4n) is 1.14. The molecule has 1 unspecified atom stereocenters. The van der Waals surface area contributed by atoms with Gasteiger partial charge < -0.3 is 10.8 Å². The maximum atomic E-state index is 12.7. The normalized spacial score (nSPS) is 13.0. The minimum atomic E-state index is -0.667. The van der Waals surface area contributed by atoms with Gasteiger partial charge in [0.15, 0.2) is 0 Å². The summed E-state index contributed by atoms with van der Waals surface area (Å²) in [4.78, 5) is 0. The highest BCUT2D eigenvalue weighted by molar-refractivity contribution is 5.29. The van der Waals surface area contributed by atoms with Crippen LogP contribution in [0, 0.1) is 5.82 Å². The SMILES string of the molecule is CC(O)c1cc(F)ccc1CN. The first-order chi connectivity index (χ1) is 5.65. The van der Waals surface area contributed by atoms with Crippen LogP contribution in [0.1, 0.15) is 24.2 Å². The van der Waals surface area contributed by atoms with E-state index in [2.05, 4.69) is 0 Å². The lowest BCUT2D eigenvalue weighted by molar-refractivity contribution is 0.197. The number of halogens is 1. The van der Waals surface area contributed by atoms with Crippen LogP contribution in [-0.4, -0.2) is 5.11 Å². The topological polar surface area (TPSA) is 46.2 Å². The van der Waals surface area contributed by atoms with Crippen LogP contribution in [0.2, 0.25) is 0 Å². The molecule has 0 radical (unpaired) electrons. The molecule has 0 aliphatic carbocycles. The lowest BCUT2D eigenvalue weighted by Gasteiger charge is -2.09. The van der Waals surface area contributed by atoms with Gasteiger partial charge in [-0.05, 0) is 30.2 Å². The van der Waals surface area contributed by atoms with Crippen molar-refractivity contribution in [1.29, 1.82) is 0 Å². The molecule has 1 rings (SSSR count). The lowest BCUT2D eigenvalue weighted by Crippen LogP contribution is -2.04. The number of aliphatic hydroxyl groups excluding tert-OH is 1. The van der Waals surface area contributed by atoms with E-state index in [-0.39, 0.29) is 5.82 Å². The van der Waals surface area contributed by atoms with Gasteiger partial charge in [0.1, 0.15) is 5.82 Å². The van der Waals surface area contributed by atoms with Crippen molar-refractivity contribution in [3.05, 3.63) is 35.1 Å². The molecule has 1 aromatic carbocycles. The number of nitrogens with two attached hydrogens (primary N) is 1. The Bertz CT molecular complexity index is 273. The molecule has 0 heterocycles. The Morgan fingerprint density at radius 2 is 2.25 bits per heavy atom. The van der Waals surface area contributed by atoms with Crippen molar-refractivity contribution < 1.29 is 9.50 Å². The zero-order valence-electron chi connectivity index (χ0n) is 6.92. The van der Waals surface area contributed by atoms with Crippen LogP contribution in [-0.2, 0) is 6.54 Å².